The van der Waals surface area contributed by atoms with Crippen molar-refractivity contribution in [2.24, 2.45) is 7.05 Å². The van der Waals surface area contributed by atoms with E-state index in [0.29, 0.717) is 12.4 Å². The Hall–Kier alpha value is -2.94. The molecule has 2 amide bonds. The van der Waals surface area contributed by atoms with Gasteiger partial charge in [0.05, 0.1) is 17.9 Å². The molecule has 1 atom stereocenters. The number of urea groups is 1. The minimum Gasteiger partial charge on any atom is -0.388 e. The fourth-order valence-corrected chi connectivity index (χ4v) is 3.35. The summed E-state index contributed by atoms with van der Waals surface area (Å²) in [5, 5.41) is 12.0. The molecule has 0 unspecified atom stereocenters. The van der Waals surface area contributed by atoms with E-state index in [2.05, 4.69) is 20.2 Å². The van der Waals surface area contributed by atoms with Gasteiger partial charge in [-0.15, -0.1) is 0 Å². The van der Waals surface area contributed by atoms with Crippen molar-refractivity contribution in [3.63, 3.8) is 0 Å². The van der Waals surface area contributed by atoms with E-state index < -0.39 is 6.03 Å². The van der Waals surface area contributed by atoms with Crippen LogP contribution in [0.4, 0.5) is 22.0 Å². The van der Waals surface area contributed by atoms with E-state index in [1.807, 2.05) is 0 Å². The van der Waals surface area contributed by atoms with Gasteiger partial charge in [0.15, 0.2) is 11.6 Å². The number of nitrogens with one attached hydrogen (secondary N) is 1. The van der Waals surface area contributed by atoms with E-state index in [-0.39, 0.29) is 29.7 Å². The Labute approximate surface area is 143 Å². The van der Waals surface area contributed by atoms with Crippen LogP contribution in [0.1, 0.15) is 12.2 Å². The molecular formula is C16H18N6O3. The van der Waals surface area contributed by atoms with Crippen LogP contribution in [-0.4, -0.2) is 44.8 Å². The Morgan fingerprint density at radius 1 is 1.48 bits per heavy atom. The zero-order chi connectivity index (χ0) is 17.6. The fourth-order valence-electron chi connectivity index (χ4n) is 3.35. The number of hydrogen-bond donors (Lipinski definition) is 2. The van der Waals surface area contributed by atoms with Gasteiger partial charge in [-0.05, 0) is 18.6 Å². The molecule has 2 aromatic rings. The highest BCUT2D eigenvalue weighted by Gasteiger charge is 2.40. The molecule has 2 aliphatic heterocycles. The molecule has 0 saturated carbocycles. The standard InChI is InChI=1S/C16H18N6O3/c1-20-5-2-3-11(15(20)24)18-16(25)22-10-4-6-21(8-10)12-7-17-13(9-23)19-14(12)22/h2-3,5,7,10,23H,4,6,8-9H2,1H3,(H,18,25)/t10-/m0/s1. The number of hydrogen-bond acceptors (Lipinski definition) is 6. The number of aliphatic hydroxyl groups is 1. The Morgan fingerprint density at radius 3 is 3.12 bits per heavy atom. The van der Waals surface area contributed by atoms with E-state index in [4.69, 9.17) is 0 Å². The van der Waals surface area contributed by atoms with E-state index in [1.54, 1.807) is 36.5 Å². The molecule has 130 valence electrons. The summed E-state index contributed by atoms with van der Waals surface area (Å²) in [7, 11) is 1.63. The highest BCUT2D eigenvalue weighted by atomic mass is 16.3. The van der Waals surface area contributed by atoms with Crippen LogP contribution in [0.3, 0.4) is 0 Å². The molecule has 9 heteroatoms. The molecule has 1 saturated heterocycles. The predicted octanol–water partition coefficient (Wildman–Crippen LogP) is 0.298. The number of nitrogens with zero attached hydrogens (tertiary/aromatic N) is 5. The third-order valence-corrected chi connectivity index (χ3v) is 4.62. The molecule has 0 spiro atoms. The van der Waals surface area contributed by atoms with E-state index in [1.165, 1.54) is 4.57 Å². The molecule has 4 rings (SSSR count). The molecule has 2 aliphatic rings. The maximum Gasteiger partial charge on any atom is 0.328 e. The van der Waals surface area contributed by atoms with Gasteiger partial charge < -0.3 is 19.9 Å². The molecule has 2 aromatic heterocycles. The first-order chi connectivity index (χ1) is 12.1. The first-order valence-electron chi connectivity index (χ1n) is 8.06. The van der Waals surface area contributed by atoms with Crippen LogP contribution in [-0.2, 0) is 13.7 Å². The maximum atomic E-state index is 12.9. The Morgan fingerprint density at radius 2 is 2.32 bits per heavy atom. The van der Waals surface area contributed by atoms with Crippen LogP contribution in [0.25, 0.3) is 0 Å². The fraction of sp³-hybridized carbons (Fsp3) is 0.375. The Bertz CT molecular complexity index is 896. The average molecular weight is 342 g/mol. The van der Waals surface area contributed by atoms with Crippen molar-refractivity contribution < 1.29 is 9.90 Å². The average Bonchev–Trinajstić information content (AvgIpc) is 3.03. The number of rotatable bonds is 2. The monoisotopic (exact) mass is 342 g/mol. The van der Waals surface area contributed by atoms with Crippen molar-refractivity contribution >= 4 is 23.2 Å². The summed E-state index contributed by atoms with van der Waals surface area (Å²) in [5.41, 5.74) is 0.704. The van der Waals surface area contributed by atoms with Gasteiger partial charge in [0.2, 0.25) is 0 Å². The van der Waals surface area contributed by atoms with Crippen LogP contribution < -0.4 is 20.7 Å². The third kappa shape index (κ3) is 2.52. The lowest BCUT2D eigenvalue weighted by Crippen LogP contribution is -2.49. The highest BCUT2D eigenvalue weighted by molar-refractivity contribution is 6.04. The normalized spacial score (nSPS) is 18.2. The minimum absolute atomic E-state index is 0.0264. The van der Waals surface area contributed by atoms with Gasteiger partial charge in [-0.25, -0.2) is 14.8 Å². The van der Waals surface area contributed by atoms with Gasteiger partial charge in [0.25, 0.3) is 5.56 Å². The second kappa shape index (κ2) is 5.85. The number of amides is 2. The van der Waals surface area contributed by atoms with Crippen molar-refractivity contribution in [1.82, 2.24) is 14.5 Å². The highest BCUT2D eigenvalue weighted by Crippen LogP contribution is 2.38. The molecule has 2 N–H and O–H groups in total. The quantitative estimate of drug-likeness (QED) is 0.813. The van der Waals surface area contributed by atoms with Crippen molar-refractivity contribution in [2.75, 3.05) is 28.2 Å². The second-order valence-electron chi connectivity index (χ2n) is 6.18. The van der Waals surface area contributed by atoms with Crippen molar-refractivity contribution in [3.05, 3.63) is 40.7 Å². The number of aromatic nitrogens is 3. The van der Waals surface area contributed by atoms with Gasteiger partial charge in [-0.1, -0.05) is 0 Å². The van der Waals surface area contributed by atoms with Gasteiger partial charge in [-0.3, -0.25) is 9.69 Å². The summed E-state index contributed by atoms with van der Waals surface area (Å²) in [4.78, 5) is 37.2. The lowest BCUT2D eigenvalue weighted by atomic mass is 10.2. The number of carbonyl (C=O) groups excluding carboxylic acids is 1. The zero-order valence-electron chi connectivity index (χ0n) is 13.7. The van der Waals surface area contributed by atoms with E-state index in [0.717, 1.165) is 18.7 Å². The predicted molar refractivity (Wildman–Crippen MR) is 91.8 cm³/mol. The molecule has 4 heterocycles. The molecule has 2 bridgehead atoms. The molecule has 0 radical (unpaired) electrons. The smallest absolute Gasteiger partial charge is 0.328 e. The maximum absolute atomic E-state index is 12.9. The third-order valence-electron chi connectivity index (χ3n) is 4.62. The first kappa shape index (κ1) is 15.6. The van der Waals surface area contributed by atoms with Crippen molar-refractivity contribution in [3.8, 4) is 0 Å². The SMILES string of the molecule is Cn1cccc(NC(=O)N2c3nc(CO)ncc3N3CC[C@H]2C3)c1=O. The van der Waals surface area contributed by atoms with E-state index >= 15 is 0 Å². The van der Waals surface area contributed by atoms with Crippen LogP contribution in [0.2, 0.25) is 0 Å². The topological polar surface area (TPSA) is 104 Å². The summed E-state index contributed by atoms with van der Waals surface area (Å²) < 4.78 is 1.41. The number of anilines is 3. The first-order valence-corrected chi connectivity index (χ1v) is 8.06. The van der Waals surface area contributed by atoms with E-state index in [9.17, 15) is 14.7 Å². The molecule has 1 fully saturated rings. The summed E-state index contributed by atoms with van der Waals surface area (Å²) >= 11 is 0. The molecule has 25 heavy (non-hydrogen) atoms. The number of aliphatic hydroxyl groups excluding tert-OH is 1. The van der Waals surface area contributed by atoms with Crippen LogP contribution in [0.5, 0.6) is 0 Å². The van der Waals surface area contributed by atoms with Crippen LogP contribution >= 0.6 is 0 Å². The Balaban J connectivity index is 1.71. The summed E-state index contributed by atoms with van der Waals surface area (Å²) in [5.74, 6) is 0.729. The molecule has 0 aromatic carbocycles. The van der Waals surface area contributed by atoms with Crippen molar-refractivity contribution in [2.45, 2.75) is 19.1 Å². The summed E-state index contributed by atoms with van der Waals surface area (Å²) in [6, 6.07) is 2.84. The molecule has 9 nitrogen and oxygen atoms in total. The molecule has 0 aliphatic carbocycles. The minimum atomic E-state index is -0.404. The zero-order valence-corrected chi connectivity index (χ0v) is 13.7. The Kier molecular flexibility index (Phi) is 3.65. The number of carbonyl (C=O) groups is 1. The summed E-state index contributed by atoms with van der Waals surface area (Å²) in [6.07, 6.45) is 4.08. The lowest BCUT2D eigenvalue weighted by Gasteiger charge is -2.35. The number of fused-ring (bicyclic) bond motifs is 4. The van der Waals surface area contributed by atoms with Crippen molar-refractivity contribution in [1.29, 1.82) is 0 Å². The summed E-state index contributed by atoms with van der Waals surface area (Å²) in [6.45, 7) is 1.22. The van der Waals surface area contributed by atoms with Crippen LogP contribution in [0, 0.1) is 0 Å². The number of pyridine rings is 1. The van der Waals surface area contributed by atoms with Gasteiger partial charge in [-0.2, -0.15) is 0 Å². The largest absolute Gasteiger partial charge is 0.388 e. The number of aryl methyl sites for hydroxylation is 1. The van der Waals surface area contributed by atoms with Gasteiger partial charge >= 0.3 is 6.03 Å². The van der Waals surface area contributed by atoms with Crippen LogP contribution in [0.15, 0.2) is 29.3 Å². The lowest BCUT2D eigenvalue weighted by molar-refractivity contribution is 0.254. The van der Waals surface area contributed by atoms with Gasteiger partial charge in [0.1, 0.15) is 12.3 Å². The second-order valence-corrected chi connectivity index (χ2v) is 6.18. The molecular weight excluding hydrogens is 324 g/mol. The van der Waals surface area contributed by atoms with Gasteiger partial charge in [0, 0.05) is 26.3 Å².